The summed E-state index contributed by atoms with van der Waals surface area (Å²) >= 11 is 0. The van der Waals surface area contributed by atoms with Crippen molar-refractivity contribution in [3.63, 3.8) is 0 Å². The Morgan fingerprint density at radius 3 is 2.12 bits per heavy atom. The number of carbonyl (C=O) groups is 2. The minimum absolute atomic E-state index is 0.119. The first-order valence-corrected chi connectivity index (χ1v) is 8.35. The number of amides is 2. The first-order valence-electron chi connectivity index (χ1n) is 8.35. The van der Waals surface area contributed by atoms with Gasteiger partial charge in [0.05, 0.1) is 12.2 Å². The van der Waals surface area contributed by atoms with E-state index in [1.807, 2.05) is 0 Å². The van der Waals surface area contributed by atoms with E-state index in [2.05, 4.69) is 15.5 Å². The van der Waals surface area contributed by atoms with Gasteiger partial charge in [0.25, 0.3) is 0 Å². The molecule has 8 heteroatoms. The first kappa shape index (κ1) is 21.4. The normalized spacial score (nSPS) is 12.0. The predicted octanol–water partition coefficient (Wildman–Crippen LogP) is 3.85. The molecule has 1 N–H and O–H groups in total. The van der Waals surface area contributed by atoms with E-state index in [4.69, 9.17) is 9.47 Å². The summed E-state index contributed by atoms with van der Waals surface area (Å²) in [6, 6.07) is 4.99. The van der Waals surface area contributed by atoms with E-state index in [9.17, 15) is 9.59 Å². The number of nitrogens with zero attached hydrogens (tertiary/aromatic N) is 3. The molecule has 1 aromatic rings. The molecule has 0 radical (unpaired) electrons. The number of rotatable bonds is 4. The van der Waals surface area contributed by atoms with Crippen molar-refractivity contribution in [2.75, 3.05) is 4.90 Å². The van der Waals surface area contributed by atoms with Gasteiger partial charge in [0.1, 0.15) is 17.0 Å². The fourth-order valence-electron chi connectivity index (χ4n) is 1.78. The van der Waals surface area contributed by atoms with Gasteiger partial charge in [0.15, 0.2) is 0 Å². The maximum Gasteiger partial charge on any atom is 0.425 e. The Hall–Kier alpha value is -2.64. The summed E-state index contributed by atoms with van der Waals surface area (Å²) in [5.41, 5.74) is 1.87. The number of hydrogen-bond donors (Lipinski definition) is 1. The van der Waals surface area contributed by atoms with E-state index < -0.39 is 23.4 Å². The molecule has 2 amide bonds. The second-order valence-corrected chi connectivity index (χ2v) is 7.51. The van der Waals surface area contributed by atoms with Gasteiger partial charge in [0.2, 0.25) is 0 Å². The van der Waals surface area contributed by atoms with Crippen LogP contribution in [0.1, 0.15) is 54.2 Å². The molecule has 1 heterocycles. The quantitative estimate of drug-likeness (QED) is 0.644. The number of imide groups is 1. The largest absolute Gasteiger partial charge is 0.443 e. The van der Waals surface area contributed by atoms with Gasteiger partial charge in [-0.15, -0.1) is 0 Å². The Morgan fingerprint density at radius 2 is 1.65 bits per heavy atom. The fourth-order valence-corrected chi connectivity index (χ4v) is 1.78. The van der Waals surface area contributed by atoms with Crippen molar-refractivity contribution in [1.82, 2.24) is 10.4 Å². The third-order valence-electron chi connectivity index (χ3n) is 2.65. The van der Waals surface area contributed by atoms with Crippen LogP contribution in [-0.2, 0) is 16.0 Å². The zero-order chi connectivity index (χ0) is 20.0. The van der Waals surface area contributed by atoms with Gasteiger partial charge in [-0.2, -0.15) is 10.0 Å². The van der Waals surface area contributed by atoms with Crippen LogP contribution in [0.4, 0.5) is 15.4 Å². The predicted molar refractivity (Wildman–Crippen MR) is 100 cm³/mol. The molecule has 0 spiro atoms. The molecule has 0 bridgehead atoms. The smallest absolute Gasteiger partial charge is 0.425 e. The third-order valence-corrected chi connectivity index (χ3v) is 2.65. The number of hydrogen-bond acceptors (Lipinski definition) is 7. The van der Waals surface area contributed by atoms with E-state index in [-0.39, 0.29) is 5.82 Å². The number of aromatic nitrogens is 1. The molecule has 0 atom stereocenters. The first-order chi connectivity index (χ1) is 11.9. The molecule has 1 rings (SSSR count). The number of anilines is 1. The zero-order valence-electron chi connectivity index (χ0n) is 16.5. The maximum absolute atomic E-state index is 12.6. The van der Waals surface area contributed by atoms with Crippen LogP contribution in [0.15, 0.2) is 23.3 Å². The average molecular weight is 364 g/mol. The van der Waals surface area contributed by atoms with Gasteiger partial charge in [-0.25, -0.2) is 14.6 Å². The number of ether oxygens (including phenoxy) is 2. The summed E-state index contributed by atoms with van der Waals surface area (Å²) in [5.74, 6) is 0.119. The molecule has 0 saturated carbocycles. The molecule has 0 saturated heterocycles. The second-order valence-electron chi connectivity index (χ2n) is 7.51. The van der Waals surface area contributed by atoms with Crippen LogP contribution in [0.5, 0.6) is 0 Å². The van der Waals surface area contributed by atoms with Crippen molar-refractivity contribution in [3.05, 3.63) is 23.9 Å². The Morgan fingerprint density at radius 1 is 1.12 bits per heavy atom. The summed E-state index contributed by atoms with van der Waals surface area (Å²) in [7, 11) is 0. The van der Waals surface area contributed by atoms with Gasteiger partial charge < -0.3 is 14.9 Å². The summed E-state index contributed by atoms with van der Waals surface area (Å²) in [5, 5.41) is 3.90. The van der Waals surface area contributed by atoms with Crippen molar-refractivity contribution in [2.45, 2.75) is 66.2 Å². The Balaban J connectivity index is 3.17. The minimum atomic E-state index is -0.851. The van der Waals surface area contributed by atoms with Crippen LogP contribution in [0, 0.1) is 0 Å². The van der Waals surface area contributed by atoms with Gasteiger partial charge in [-0.05, 0) is 60.6 Å². The van der Waals surface area contributed by atoms with Crippen molar-refractivity contribution in [2.24, 2.45) is 5.10 Å². The molecule has 0 aromatic carbocycles. The number of carbonyl (C=O) groups excluding carboxylic acids is 2. The molecule has 8 nitrogen and oxygen atoms in total. The molecule has 0 aliphatic heterocycles. The Bertz CT molecular complexity index is 632. The molecule has 0 unspecified atom stereocenters. The molecule has 26 heavy (non-hydrogen) atoms. The summed E-state index contributed by atoms with van der Waals surface area (Å²) < 4.78 is 10.7. The minimum Gasteiger partial charge on any atom is -0.443 e. The number of nitrogens with one attached hydrogen (secondary N) is 1. The monoisotopic (exact) mass is 364 g/mol. The van der Waals surface area contributed by atoms with E-state index >= 15 is 0 Å². The van der Waals surface area contributed by atoms with Gasteiger partial charge in [0, 0.05) is 6.21 Å². The molecule has 1 aromatic heterocycles. The van der Waals surface area contributed by atoms with Gasteiger partial charge in [-0.3, -0.25) is 0 Å². The maximum atomic E-state index is 12.6. The van der Waals surface area contributed by atoms with Gasteiger partial charge in [-0.1, -0.05) is 6.07 Å². The van der Waals surface area contributed by atoms with Crippen LogP contribution in [-0.4, -0.2) is 34.6 Å². The van der Waals surface area contributed by atoms with E-state index in [0.717, 1.165) is 4.90 Å². The van der Waals surface area contributed by atoms with Crippen LogP contribution in [0.3, 0.4) is 0 Å². The SMILES string of the molecule is C/C=N\NCc1cccc(N(C(=O)OC(C)(C)C)C(=O)OC(C)(C)C)n1. The number of pyridine rings is 1. The molecule has 0 aliphatic rings. The highest BCUT2D eigenvalue weighted by molar-refractivity contribution is 6.08. The lowest BCUT2D eigenvalue weighted by Gasteiger charge is -2.28. The van der Waals surface area contributed by atoms with Crippen LogP contribution >= 0.6 is 0 Å². The fraction of sp³-hybridized carbons (Fsp3) is 0.556. The van der Waals surface area contributed by atoms with Crippen molar-refractivity contribution in [1.29, 1.82) is 0 Å². The summed E-state index contributed by atoms with van der Waals surface area (Å²) in [6.45, 7) is 12.4. The van der Waals surface area contributed by atoms with Crippen LogP contribution in [0.25, 0.3) is 0 Å². The van der Waals surface area contributed by atoms with E-state index in [1.165, 1.54) is 0 Å². The Kier molecular flexibility index (Phi) is 7.11. The Labute approximate surface area is 154 Å². The summed E-state index contributed by atoms with van der Waals surface area (Å²) in [6.07, 6.45) is -0.0933. The van der Waals surface area contributed by atoms with Crippen molar-refractivity contribution >= 4 is 24.2 Å². The topological polar surface area (TPSA) is 93.1 Å². The number of hydrazone groups is 1. The van der Waals surface area contributed by atoms with Crippen LogP contribution in [0.2, 0.25) is 0 Å². The molecular formula is C18H28N4O4. The van der Waals surface area contributed by atoms with E-state index in [1.54, 1.807) is 72.9 Å². The van der Waals surface area contributed by atoms with Crippen molar-refractivity contribution in [3.8, 4) is 0 Å². The average Bonchev–Trinajstić information content (AvgIpc) is 2.44. The van der Waals surface area contributed by atoms with Gasteiger partial charge >= 0.3 is 12.2 Å². The highest BCUT2D eigenvalue weighted by Gasteiger charge is 2.33. The van der Waals surface area contributed by atoms with Crippen molar-refractivity contribution < 1.29 is 19.1 Å². The lowest BCUT2D eigenvalue weighted by molar-refractivity contribution is 0.0429. The van der Waals surface area contributed by atoms with E-state index in [0.29, 0.717) is 12.2 Å². The zero-order valence-corrected chi connectivity index (χ0v) is 16.5. The molecule has 0 fully saturated rings. The third kappa shape index (κ3) is 7.50. The second kappa shape index (κ2) is 8.64. The summed E-state index contributed by atoms with van der Waals surface area (Å²) in [4.78, 5) is 30.3. The highest BCUT2D eigenvalue weighted by Crippen LogP contribution is 2.20. The molecule has 144 valence electrons. The molecule has 0 aliphatic carbocycles. The molecular weight excluding hydrogens is 336 g/mol. The van der Waals surface area contributed by atoms with Crippen LogP contribution < -0.4 is 10.3 Å². The highest BCUT2D eigenvalue weighted by atomic mass is 16.6. The standard InChI is InChI=1S/C18H28N4O4/c1-8-19-20-12-13-10-9-11-14(21-13)22(15(23)25-17(2,3)4)16(24)26-18(5,6)7/h8-11,20H,12H2,1-7H3/b19-8-. The lowest BCUT2D eigenvalue weighted by atomic mass is 10.2. The lowest BCUT2D eigenvalue weighted by Crippen LogP contribution is -2.44.